The average Bonchev–Trinajstić information content (AvgIpc) is 2.80. The topological polar surface area (TPSA) is 79.3 Å². The Morgan fingerprint density at radius 1 is 1.52 bits per heavy atom. The van der Waals surface area contributed by atoms with Gasteiger partial charge in [-0.25, -0.2) is 9.50 Å². The third-order valence-corrected chi connectivity index (χ3v) is 4.30. The molecule has 2 aromatic rings. The summed E-state index contributed by atoms with van der Waals surface area (Å²) in [5.41, 5.74) is 1.10. The third kappa shape index (κ3) is 3.87. The molecule has 2 rings (SSSR count). The number of hydrogen-bond acceptors (Lipinski definition) is 4. The van der Waals surface area contributed by atoms with Crippen LogP contribution in [0, 0.1) is 6.92 Å². The predicted octanol–water partition coefficient (Wildman–Crippen LogP) is 2.19. The molecule has 0 aliphatic carbocycles. The molecule has 1 amide bonds. The summed E-state index contributed by atoms with van der Waals surface area (Å²) in [6.07, 6.45) is 2.21. The Labute approximate surface area is 127 Å². The quantitative estimate of drug-likeness (QED) is 0.802. The monoisotopic (exact) mass is 308 g/mol. The van der Waals surface area contributed by atoms with Crippen LogP contribution in [0.15, 0.2) is 16.9 Å². The molecule has 114 valence electrons. The number of unbranched alkanes of at least 4 members (excludes halogenated alkanes) is 1. The molecule has 0 aromatic carbocycles. The van der Waals surface area contributed by atoms with Gasteiger partial charge in [-0.1, -0.05) is 13.3 Å². The van der Waals surface area contributed by atoms with Gasteiger partial charge in [-0.15, -0.1) is 11.8 Å². The molecule has 6 nitrogen and oxygen atoms in total. The molecule has 0 saturated carbocycles. The highest BCUT2D eigenvalue weighted by Crippen LogP contribution is 2.14. The normalized spacial score (nSPS) is 12.5. The number of nitrogens with zero attached hydrogens (tertiary/aromatic N) is 2. The van der Waals surface area contributed by atoms with E-state index in [0.717, 1.165) is 24.3 Å². The highest BCUT2D eigenvalue weighted by Gasteiger charge is 2.14. The van der Waals surface area contributed by atoms with Crippen molar-refractivity contribution in [3.8, 4) is 0 Å². The molecule has 0 fully saturated rings. The molecular weight excluding hydrogens is 288 g/mol. The zero-order valence-corrected chi connectivity index (χ0v) is 13.3. The first kappa shape index (κ1) is 15.6. The second kappa shape index (κ2) is 6.80. The highest BCUT2D eigenvalue weighted by atomic mass is 32.2. The van der Waals surface area contributed by atoms with E-state index < -0.39 is 0 Å². The number of rotatable bonds is 6. The maximum absolute atomic E-state index is 12.1. The fraction of sp³-hybridized carbons (Fsp3) is 0.500. The number of aryl methyl sites for hydroxylation is 1. The van der Waals surface area contributed by atoms with Gasteiger partial charge in [0.25, 0.3) is 5.56 Å². The highest BCUT2D eigenvalue weighted by molar-refractivity contribution is 8.00. The minimum absolute atomic E-state index is 0.125. The van der Waals surface area contributed by atoms with Gasteiger partial charge >= 0.3 is 0 Å². The molecule has 1 atom stereocenters. The second-order valence-electron chi connectivity index (χ2n) is 4.97. The molecular formula is C14H20N4O2S. The van der Waals surface area contributed by atoms with Crippen molar-refractivity contribution in [2.45, 2.75) is 38.9 Å². The van der Waals surface area contributed by atoms with E-state index in [4.69, 9.17) is 0 Å². The largest absolute Gasteiger partial charge is 0.310 e. The summed E-state index contributed by atoms with van der Waals surface area (Å²) in [5, 5.41) is 5.44. The molecule has 0 radical (unpaired) electrons. The zero-order valence-electron chi connectivity index (χ0n) is 12.5. The summed E-state index contributed by atoms with van der Waals surface area (Å²) in [5.74, 6) is 1.13. The number of nitrogens with one attached hydrogen (secondary N) is 2. The van der Waals surface area contributed by atoms with E-state index in [1.54, 1.807) is 17.8 Å². The smallest absolute Gasteiger partial charge is 0.274 e. The van der Waals surface area contributed by atoms with Crippen LogP contribution < -0.4 is 10.9 Å². The molecule has 0 saturated heterocycles. The van der Waals surface area contributed by atoms with E-state index >= 15 is 0 Å². The predicted molar refractivity (Wildman–Crippen MR) is 86.0 cm³/mol. The molecule has 2 aromatic heterocycles. The van der Waals surface area contributed by atoms with Gasteiger partial charge in [-0.3, -0.25) is 14.7 Å². The van der Waals surface area contributed by atoms with Gasteiger partial charge in [-0.05, 0) is 26.0 Å². The first-order valence-electron chi connectivity index (χ1n) is 7.03. The van der Waals surface area contributed by atoms with Gasteiger partial charge in [-0.2, -0.15) is 0 Å². The Hall–Kier alpha value is -1.76. The van der Waals surface area contributed by atoms with Crippen LogP contribution in [-0.4, -0.2) is 31.5 Å². The summed E-state index contributed by atoms with van der Waals surface area (Å²) in [6.45, 7) is 5.83. The number of carbonyl (C=O) groups excluding carboxylic acids is 1. The van der Waals surface area contributed by atoms with Crippen LogP contribution in [0.1, 0.15) is 32.4 Å². The molecule has 0 spiro atoms. The average molecular weight is 308 g/mol. The van der Waals surface area contributed by atoms with Gasteiger partial charge in [0.15, 0.2) is 5.65 Å². The van der Waals surface area contributed by atoms with Crippen LogP contribution in [0.2, 0.25) is 0 Å². The van der Waals surface area contributed by atoms with Gasteiger partial charge in [0, 0.05) is 17.8 Å². The van der Waals surface area contributed by atoms with Crippen molar-refractivity contribution in [2.24, 2.45) is 0 Å². The third-order valence-electron chi connectivity index (χ3n) is 3.06. The Morgan fingerprint density at radius 2 is 2.29 bits per heavy atom. The van der Waals surface area contributed by atoms with E-state index in [-0.39, 0.29) is 16.7 Å². The van der Waals surface area contributed by atoms with Crippen molar-refractivity contribution in [1.29, 1.82) is 0 Å². The lowest BCUT2D eigenvalue weighted by Gasteiger charge is -2.11. The van der Waals surface area contributed by atoms with Crippen LogP contribution in [0.4, 0.5) is 5.82 Å². The van der Waals surface area contributed by atoms with Gasteiger partial charge in [0.05, 0.1) is 5.25 Å². The van der Waals surface area contributed by atoms with Crippen molar-refractivity contribution in [3.63, 3.8) is 0 Å². The fourth-order valence-electron chi connectivity index (χ4n) is 1.88. The molecule has 0 bridgehead atoms. The van der Waals surface area contributed by atoms with E-state index in [9.17, 15) is 9.59 Å². The number of thioether (sulfide) groups is 1. The number of fused-ring (bicyclic) bond motifs is 1. The minimum atomic E-state index is -0.241. The lowest BCUT2D eigenvalue weighted by molar-refractivity contribution is -0.115. The van der Waals surface area contributed by atoms with Crippen molar-refractivity contribution in [3.05, 3.63) is 28.2 Å². The Balaban J connectivity index is 2.08. The van der Waals surface area contributed by atoms with E-state index in [1.807, 2.05) is 13.8 Å². The van der Waals surface area contributed by atoms with Gasteiger partial charge in [0.1, 0.15) is 5.82 Å². The Bertz CT molecular complexity index is 692. The fourth-order valence-corrected chi connectivity index (χ4v) is 2.90. The van der Waals surface area contributed by atoms with Crippen LogP contribution in [0.3, 0.4) is 0 Å². The van der Waals surface area contributed by atoms with E-state index in [2.05, 4.69) is 22.3 Å². The van der Waals surface area contributed by atoms with Crippen LogP contribution in [0.25, 0.3) is 5.65 Å². The molecule has 0 aliphatic rings. The number of hydrogen-bond donors (Lipinski definition) is 2. The number of carbonyl (C=O) groups is 1. The molecule has 21 heavy (non-hydrogen) atoms. The Kier molecular flexibility index (Phi) is 5.06. The van der Waals surface area contributed by atoms with Crippen molar-refractivity contribution >= 4 is 29.1 Å². The molecule has 1 unspecified atom stereocenters. The maximum Gasteiger partial charge on any atom is 0.274 e. The summed E-state index contributed by atoms with van der Waals surface area (Å²) in [6, 6.07) is 3.08. The SMILES string of the molecule is CCCCSC(C)C(=O)Nc1cc(=O)n2[nH]c(C)cc2n1. The summed E-state index contributed by atoms with van der Waals surface area (Å²) >= 11 is 1.61. The standard InChI is InChI=1S/C14H20N4O2S/c1-4-5-6-21-10(3)14(20)16-11-8-13(19)18-12(15-11)7-9(2)17-18/h7-8,10,17H,4-6H2,1-3H3,(H,16,20). The summed E-state index contributed by atoms with van der Waals surface area (Å²) < 4.78 is 1.35. The molecule has 7 heteroatoms. The van der Waals surface area contributed by atoms with Crippen LogP contribution >= 0.6 is 11.8 Å². The second-order valence-corrected chi connectivity index (χ2v) is 6.42. The number of aromatic amines is 1. The first-order chi connectivity index (χ1) is 10.0. The van der Waals surface area contributed by atoms with Gasteiger partial charge < -0.3 is 5.32 Å². The first-order valence-corrected chi connectivity index (χ1v) is 8.08. The van der Waals surface area contributed by atoms with Crippen molar-refractivity contribution in [1.82, 2.24) is 14.6 Å². The minimum Gasteiger partial charge on any atom is -0.310 e. The summed E-state index contributed by atoms with van der Waals surface area (Å²) in [7, 11) is 0. The lowest BCUT2D eigenvalue weighted by Crippen LogP contribution is -2.25. The molecule has 2 heterocycles. The number of amides is 1. The van der Waals surface area contributed by atoms with Crippen LogP contribution in [-0.2, 0) is 4.79 Å². The van der Waals surface area contributed by atoms with Crippen molar-refractivity contribution in [2.75, 3.05) is 11.1 Å². The molecule has 2 N–H and O–H groups in total. The lowest BCUT2D eigenvalue weighted by atomic mass is 10.4. The number of aromatic nitrogens is 3. The zero-order chi connectivity index (χ0) is 15.4. The van der Waals surface area contributed by atoms with Crippen LogP contribution in [0.5, 0.6) is 0 Å². The molecule has 0 aliphatic heterocycles. The van der Waals surface area contributed by atoms with E-state index in [0.29, 0.717) is 11.5 Å². The van der Waals surface area contributed by atoms with Gasteiger partial charge in [0.2, 0.25) is 5.91 Å². The Morgan fingerprint density at radius 3 is 3.00 bits per heavy atom. The summed E-state index contributed by atoms with van der Waals surface area (Å²) in [4.78, 5) is 28.2. The number of anilines is 1. The van der Waals surface area contributed by atoms with E-state index in [1.165, 1.54) is 10.6 Å². The van der Waals surface area contributed by atoms with Crippen molar-refractivity contribution < 1.29 is 4.79 Å². The maximum atomic E-state index is 12.1. The number of H-pyrrole nitrogens is 1.